The second-order valence-corrected chi connectivity index (χ2v) is 6.19. The Labute approximate surface area is 135 Å². The number of benzene rings is 3. The summed E-state index contributed by atoms with van der Waals surface area (Å²) < 4.78 is 2.16. The van der Waals surface area contributed by atoms with Crippen molar-refractivity contribution in [3.05, 3.63) is 81.7 Å². The van der Waals surface area contributed by atoms with Crippen LogP contribution in [0.5, 0.6) is 0 Å². The molecule has 98 valence electrons. The summed E-state index contributed by atoms with van der Waals surface area (Å²) in [6.45, 7) is 0. The molecule has 0 amide bonds. The van der Waals surface area contributed by atoms with E-state index in [2.05, 4.69) is 92.5 Å². The zero-order chi connectivity index (χ0) is 13.9. The van der Waals surface area contributed by atoms with Crippen LogP contribution in [0, 0.1) is 0 Å². The van der Waals surface area contributed by atoms with E-state index in [4.69, 9.17) is 0 Å². The van der Waals surface area contributed by atoms with Gasteiger partial charge in [-0.25, -0.2) is 0 Å². The minimum atomic E-state index is 1.07. The fraction of sp³-hybridized carbons (Fsp3) is 0. The first-order valence-electron chi connectivity index (χ1n) is 6.35. The van der Waals surface area contributed by atoms with Gasteiger partial charge in [-0.1, -0.05) is 66.7 Å². The Morgan fingerprint density at radius 3 is 1.80 bits per heavy atom. The molecular formula is C18H12Br2. The van der Waals surface area contributed by atoms with Gasteiger partial charge in [-0.05, 0) is 60.2 Å². The molecule has 0 heterocycles. The predicted octanol–water partition coefficient (Wildman–Crippen LogP) is 6.55. The van der Waals surface area contributed by atoms with Crippen LogP contribution in [0.2, 0.25) is 0 Å². The highest BCUT2D eigenvalue weighted by Gasteiger charge is 2.06. The summed E-state index contributed by atoms with van der Waals surface area (Å²) in [4.78, 5) is 0. The van der Waals surface area contributed by atoms with Gasteiger partial charge >= 0.3 is 0 Å². The summed E-state index contributed by atoms with van der Waals surface area (Å²) in [7, 11) is 0. The maximum atomic E-state index is 3.63. The molecule has 0 bridgehead atoms. The molecule has 0 aliphatic rings. The third-order valence-corrected chi connectivity index (χ3v) is 5.30. The Morgan fingerprint density at radius 2 is 1.10 bits per heavy atom. The zero-order valence-corrected chi connectivity index (χ0v) is 13.9. The third kappa shape index (κ3) is 2.72. The van der Waals surface area contributed by atoms with Crippen LogP contribution in [0.4, 0.5) is 0 Å². The lowest BCUT2D eigenvalue weighted by atomic mass is 10.0. The van der Waals surface area contributed by atoms with Gasteiger partial charge in [-0.15, -0.1) is 0 Å². The van der Waals surface area contributed by atoms with Gasteiger partial charge < -0.3 is 0 Å². The van der Waals surface area contributed by atoms with Crippen molar-refractivity contribution in [3.8, 4) is 22.3 Å². The number of halogens is 2. The van der Waals surface area contributed by atoms with Crippen LogP contribution in [0.1, 0.15) is 0 Å². The number of hydrogen-bond acceptors (Lipinski definition) is 0. The van der Waals surface area contributed by atoms with Crippen LogP contribution in [-0.4, -0.2) is 0 Å². The first kappa shape index (κ1) is 13.6. The van der Waals surface area contributed by atoms with E-state index in [0.717, 1.165) is 8.95 Å². The van der Waals surface area contributed by atoms with E-state index in [9.17, 15) is 0 Å². The van der Waals surface area contributed by atoms with E-state index >= 15 is 0 Å². The van der Waals surface area contributed by atoms with Crippen molar-refractivity contribution >= 4 is 31.9 Å². The van der Waals surface area contributed by atoms with Crippen LogP contribution in [0.15, 0.2) is 81.7 Å². The molecule has 0 saturated heterocycles. The summed E-state index contributed by atoms with van der Waals surface area (Å²) >= 11 is 7.18. The molecule has 0 saturated carbocycles. The first-order valence-corrected chi connectivity index (χ1v) is 7.94. The van der Waals surface area contributed by atoms with Crippen LogP contribution in [-0.2, 0) is 0 Å². The Balaban J connectivity index is 2.00. The summed E-state index contributed by atoms with van der Waals surface area (Å²) in [5.41, 5.74) is 4.88. The molecule has 0 spiro atoms. The van der Waals surface area contributed by atoms with Crippen molar-refractivity contribution in [3.63, 3.8) is 0 Å². The molecule has 3 rings (SSSR count). The topological polar surface area (TPSA) is 0 Å². The zero-order valence-electron chi connectivity index (χ0n) is 10.7. The number of rotatable bonds is 2. The van der Waals surface area contributed by atoms with Crippen LogP contribution in [0.25, 0.3) is 22.3 Å². The molecule has 0 unspecified atom stereocenters. The molecule has 3 aromatic carbocycles. The minimum absolute atomic E-state index is 1.07. The fourth-order valence-electron chi connectivity index (χ4n) is 2.20. The third-order valence-electron chi connectivity index (χ3n) is 3.25. The number of hydrogen-bond donors (Lipinski definition) is 0. The molecule has 0 N–H and O–H groups in total. The molecular weight excluding hydrogens is 376 g/mol. The molecule has 2 heteroatoms. The van der Waals surface area contributed by atoms with E-state index in [1.165, 1.54) is 22.3 Å². The van der Waals surface area contributed by atoms with Gasteiger partial charge in [0.1, 0.15) is 0 Å². The van der Waals surface area contributed by atoms with Crippen LogP contribution in [0.3, 0.4) is 0 Å². The Morgan fingerprint density at radius 1 is 0.500 bits per heavy atom. The molecule has 0 nitrogen and oxygen atoms in total. The van der Waals surface area contributed by atoms with E-state index in [1.807, 2.05) is 12.1 Å². The molecule has 20 heavy (non-hydrogen) atoms. The summed E-state index contributed by atoms with van der Waals surface area (Å²) in [5.74, 6) is 0. The van der Waals surface area contributed by atoms with Crippen molar-refractivity contribution in [2.45, 2.75) is 0 Å². The predicted molar refractivity (Wildman–Crippen MR) is 92.7 cm³/mol. The maximum absolute atomic E-state index is 3.63. The van der Waals surface area contributed by atoms with Crippen molar-refractivity contribution in [1.29, 1.82) is 0 Å². The van der Waals surface area contributed by atoms with Crippen molar-refractivity contribution in [2.75, 3.05) is 0 Å². The molecule has 0 atom stereocenters. The average molecular weight is 388 g/mol. The Kier molecular flexibility index (Phi) is 4.04. The SMILES string of the molecule is Brc1cccc(-c2ccc(-c3ccccc3)cc2)c1Br. The molecule has 0 radical (unpaired) electrons. The highest BCUT2D eigenvalue weighted by molar-refractivity contribution is 9.13. The normalized spacial score (nSPS) is 10.5. The van der Waals surface area contributed by atoms with Gasteiger partial charge in [-0.2, -0.15) is 0 Å². The van der Waals surface area contributed by atoms with Gasteiger partial charge in [0.15, 0.2) is 0 Å². The van der Waals surface area contributed by atoms with Gasteiger partial charge in [0, 0.05) is 8.95 Å². The molecule has 0 fully saturated rings. The lowest BCUT2D eigenvalue weighted by Gasteiger charge is -2.08. The van der Waals surface area contributed by atoms with Crippen molar-refractivity contribution in [2.24, 2.45) is 0 Å². The average Bonchev–Trinajstić information content (AvgIpc) is 2.51. The monoisotopic (exact) mass is 386 g/mol. The summed E-state index contributed by atoms with van der Waals surface area (Å²) in [6.07, 6.45) is 0. The first-order chi connectivity index (χ1) is 9.75. The van der Waals surface area contributed by atoms with E-state index in [-0.39, 0.29) is 0 Å². The highest BCUT2D eigenvalue weighted by atomic mass is 79.9. The Hall–Kier alpha value is -1.38. The second kappa shape index (κ2) is 5.94. The van der Waals surface area contributed by atoms with E-state index in [0.29, 0.717) is 0 Å². The van der Waals surface area contributed by atoms with Crippen molar-refractivity contribution in [1.82, 2.24) is 0 Å². The standard InChI is InChI=1S/C18H12Br2/c19-17-8-4-7-16(18(17)20)15-11-9-14(10-12-15)13-5-2-1-3-6-13/h1-12H. The van der Waals surface area contributed by atoms with Gasteiger partial charge in [0.2, 0.25) is 0 Å². The van der Waals surface area contributed by atoms with E-state index in [1.54, 1.807) is 0 Å². The summed E-state index contributed by atoms with van der Waals surface area (Å²) in [6, 6.07) is 25.3. The smallest absolute Gasteiger partial charge is 0.0395 e. The van der Waals surface area contributed by atoms with Crippen molar-refractivity contribution < 1.29 is 0 Å². The van der Waals surface area contributed by atoms with Gasteiger partial charge in [0.25, 0.3) is 0 Å². The largest absolute Gasteiger partial charge is 0.0622 e. The maximum Gasteiger partial charge on any atom is 0.0395 e. The Bertz CT molecular complexity index is 716. The van der Waals surface area contributed by atoms with Gasteiger partial charge in [0.05, 0.1) is 0 Å². The lowest BCUT2D eigenvalue weighted by molar-refractivity contribution is 1.54. The quantitative estimate of drug-likeness (QED) is 0.467. The molecule has 3 aromatic rings. The fourth-order valence-corrected chi connectivity index (χ4v) is 3.06. The minimum Gasteiger partial charge on any atom is -0.0622 e. The molecule has 0 aliphatic heterocycles. The van der Waals surface area contributed by atoms with E-state index < -0.39 is 0 Å². The summed E-state index contributed by atoms with van der Waals surface area (Å²) in [5, 5.41) is 0. The lowest BCUT2D eigenvalue weighted by Crippen LogP contribution is -1.82. The van der Waals surface area contributed by atoms with Crippen LogP contribution < -0.4 is 0 Å². The molecule has 0 aliphatic carbocycles. The van der Waals surface area contributed by atoms with Crippen LogP contribution >= 0.6 is 31.9 Å². The van der Waals surface area contributed by atoms with Gasteiger partial charge in [-0.3, -0.25) is 0 Å². The molecule has 0 aromatic heterocycles. The second-order valence-electron chi connectivity index (χ2n) is 4.54. The highest BCUT2D eigenvalue weighted by Crippen LogP contribution is 2.34.